The van der Waals surface area contributed by atoms with Crippen molar-refractivity contribution in [3.8, 4) is 0 Å². The normalized spacial score (nSPS) is 26.0. The summed E-state index contributed by atoms with van der Waals surface area (Å²) in [5.41, 5.74) is 1.84. The van der Waals surface area contributed by atoms with Crippen LogP contribution in [0.5, 0.6) is 0 Å². The average Bonchev–Trinajstić information content (AvgIpc) is 3.38. The van der Waals surface area contributed by atoms with Crippen molar-refractivity contribution in [2.45, 2.75) is 61.3 Å². The molecule has 0 bridgehead atoms. The van der Waals surface area contributed by atoms with Gasteiger partial charge in [-0.15, -0.1) is 0 Å². The highest BCUT2D eigenvalue weighted by atomic mass is 32.2. The highest BCUT2D eigenvalue weighted by molar-refractivity contribution is 7.87. The molecule has 180 valence electrons. The molecule has 33 heavy (non-hydrogen) atoms. The fourth-order valence-electron chi connectivity index (χ4n) is 3.51. The summed E-state index contributed by atoms with van der Waals surface area (Å²) in [5, 5.41) is 0. The molecule has 0 amide bonds. The van der Waals surface area contributed by atoms with Gasteiger partial charge in [-0.05, 0) is 38.1 Å². The molecule has 4 rings (SSSR count). The molecule has 2 aromatic rings. The van der Waals surface area contributed by atoms with Gasteiger partial charge in [-0.2, -0.15) is 16.8 Å². The minimum Gasteiger partial charge on any atom is -0.350 e. The zero-order chi connectivity index (χ0) is 23.6. The lowest BCUT2D eigenvalue weighted by Crippen LogP contribution is -2.38. The van der Waals surface area contributed by atoms with Crippen molar-refractivity contribution in [2.24, 2.45) is 0 Å². The van der Waals surface area contributed by atoms with Gasteiger partial charge in [-0.1, -0.05) is 35.4 Å². The maximum atomic E-state index is 12.6. The van der Waals surface area contributed by atoms with Crippen LogP contribution in [0.3, 0.4) is 0 Å². The van der Waals surface area contributed by atoms with Gasteiger partial charge in [0, 0.05) is 12.8 Å². The van der Waals surface area contributed by atoms with Gasteiger partial charge in [-0.3, -0.25) is 8.37 Å². The predicted octanol–water partition coefficient (Wildman–Crippen LogP) is 2.66. The molecular weight excluding hydrogens is 472 g/mol. The van der Waals surface area contributed by atoms with E-state index in [0.717, 1.165) is 11.1 Å². The van der Waals surface area contributed by atoms with Crippen LogP contribution in [0, 0.1) is 13.8 Å². The van der Waals surface area contributed by atoms with Gasteiger partial charge in [0.1, 0.15) is 12.2 Å². The second kappa shape index (κ2) is 9.79. The van der Waals surface area contributed by atoms with E-state index in [4.69, 9.17) is 22.6 Å². The lowest BCUT2D eigenvalue weighted by Gasteiger charge is -2.25. The summed E-state index contributed by atoms with van der Waals surface area (Å²) in [4.78, 5) is 0.0579. The third-order valence-corrected chi connectivity index (χ3v) is 8.06. The number of ether oxygens (including phenoxy) is 3. The summed E-state index contributed by atoms with van der Waals surface area (Å²) in [6.45, 7) is 4.15. The van der Waals surface area contributed by atoms with E-state index in [1.165, 1.54) is 24.3 Å². The van der Waals surface area contributed by atoms with Crippen LogP contribution in [0.2, 0.25) is 0 Å². The molecule has 0 radical (unpaired) electrons. The van der Waals surface area contributed by atoms with Crippen molar-refractivity contribution in [2.75, 3.05) is 13.2 Å². The number of hydrogen-bond donors (Lipinski definition) is 0. The van der Waals surface area contributed by atoms with Crippen molar-refractivity contribution in [3.63, 3.8) is 0 Å². The molecule has 4 unspecified atom stereocenters. The van der Waals surface area contributed by atoms with Crippen LogP contribution in [0.15, 0.2) is 58.3 Å². The molecule has 11 heteroatoms. The van der Waals surface area contributed by atoms with Gasteiger partial charge in [0.2, 0.25) is 0 Å². The number of rotatable bonds is 8. The minimum absolute atomic E-state index is 0.0290. The average molecular weight is 499 g/mol. The van der Waals surface area contributed by atoms with Gasteiger partial charge in [0.05, 0.1) is 23.0 Å². The first-order valence-electron chi connectivity index (χ1n) is 10.5. The third-order valence-electron chi connectivity index (χ3n) is 5.36. The molecule has 2 fully saturated rings. The highest BCUT2D eigenvalue weighted by Gasteiger charge is 2.41. The third kappa shape index (κ3) is 5.80. The first-order chi connectivity index (χ1) is 15.6. The Bertz CT molecular complexity index is 1070. The van der Waals surface area contributed by atoms with Crippen LogP contribution in [0.1, 0.15) is 24.0 Å². The van der Waals surface area contributed by atoms with Gasteiger partial charge >= 0.3 is 0 Å². The topological polar surface area (TPSA) is 114 Å². The Morgan fingerprint density at radius 2 is 1.03 bits per heavy atom. The Hall–Kier alpha value is -1.86. The summed E-state index contributed by atoms with van der Waals surface area (Å²) >= 11 is 0. The second-order valence-corrected chi connectivity index (χ2v) is 11.1. The molecule has 2 saturated heterocycles. The predicted molar refractivity (Wildman–Crippen MR) is 116 cm³/mol. The summed E-state index contributed by atoms with van der Waals surface area (Å²) in [6.07, 6.45) is -3.35. The van der Waals surface area contributed by atoms with Gasteiger partial charge < -0.3 is 14.2 Å². The summed E-state index contributed by atoms with van der Waals surface area (Å²) in [5.74, 6) is 0. The Labute approximate surface area is 193 Å². The molecular formula is C22H26O9S2. The number of aryl methyl sites for hydroxylation is 2. The van der Waals surface area contributed by atoms with Crippen LogP contribution in [0.25, 0.3) is 0 Å². The lowest BCUT2D eigenvalue weighted by molar-refractivity contribution is -0.248. The Kier molecular flexibility index (Phi) is 7.20. The molecule has 4 atom stereocenters. The summed E-state index contributed by atoms with van der Waals surface area (Å²) in [6, 6.07) is 12.6. The zero-order valence-electron chi connectivity index (χ0n) is 18.2. The number of hydrogen-bond acceptors (Lipinski definition) is 9. The van der Waals surface area contributed by atoms with Crippen molar-refractivity contribution in [1.29, 1.82) is 0 Å². The fraction of sp³-hybridized carbons (Fsp3) is 0.455. The van der Waals surface area contributed by atoms with Crippen molar-refractivity contribution >= 4 is 20.2 Å². The van der Waals surface area contributed by atoms with E-state index in [1.807, 2.05) is 13.8 Å². The second-order valence-electron chi connectivity index (χ2n) is 8.00. The highest BCUT2D eigenvalue weighted by Crippen LogP contribution is 2.29. The van der Waals surface area contributed by atoms with Crippen LogP contribution >= 0.6 is 0 Å². The van der Waals surface area contributed by atoms with Crippen LogP contribution < -0.4 is 0 Å². The fourth-order valence-corrected chi connectivity index (χ4v) is 5.69. The maximum absolute atomic E-state index is 12.6. The van der Waals surface area contributed by atoms with Crippen molar-refractivity contribution in [3.05, 3.63) is 59.7 Å². The molecule has 9 nitrogen and oxygen atoms in total. The summed E-state index contributed by atoms with van der Waals surface area (Å²) < 4.78 is 78.1. The SMILES string of the molecule is Cc1ccc(S(=O)(=O)OC2CCOC2OC2OCCC2OS(=O)(=O)c2ccc(C)cc2)cc1. The smallest absolute Gasteiger partial charge is 0.297 e. The molecule has 0 saturated carbocycles. The molecule has 2 heterocycles. The van der Waals surface area contributed by atoms with E-state index in [1.54, 1.807) is 24.3 Å². The Morgan fingerprint density at radius 1 is 0.667 bits per heavy atom. The largest absolute Gasteiger partial charge is 0.350 e. The lowest BCUT2D eigenvalue weighted by atomic mass is 10.2. The Balaban J connectivity index is 1.41. The molecule has 2 aliphatic heterocycles. The first kappa shape index (κ1) is 24.3. The number of benzene rings is 2. The standard InChI is InChI=1S/C22H26O9S2/c1-15-3-7-17(8-4-15)32(23,24)30-19-11-13-27-21(19)29-22-20(12-14-28-22)31-33(25,26)18-9-5-16(2)6-10-18/h3-10,19-22H,11-14H2,1-2H3. The molecule has 0 N–H and O–H groups in total. The van der Waals surface area contributed by atoms with Crippen LogP contribution in [-0.2, 0) is 42.8 Å². The van der Waals surface area contributed by atoms with Gasteiger partial charge in [0.15, 0.2) is 12.6 Å². The van der Waals surface area contributed by atoms with Gasteiger partial charge in [0.25, 0.3) is 20.2 Å². The molecule has 0 spiro atoms. The van der Waals surface area contributed by atoms with E-state index in [2.05, 4.69) is 0 Å². The monoisotopic (exact) mass is 498 g/mol. The maximum Gasteiger partial charge on any atom is 0.297 e. The molecule has 2 aromatic carbocycles. The first-order valence-corrected chi connectivity index (χ1v) is 13.3. The van der Waals surface area contributed by atoms with Crippen LogP contribution in [-0.4, -0.2) is 54.8 Å². The van der Waals surface area contributed by atoms with E-state index in [-0.39, 0.29) is 35.8 Å². The van der Waals surface area contributed by atoms with E-state index < -0.39 is 45.0 Å². The van der Waals surface area contributed by atoms with E-state index >= 15 is 0 Å². The quantitative estimate of drug-likeness (QED) is 0.507. The molecule has 0 aromatic heterocycles. The van der Waals surface area contributed by atoms with Crippen molar-refractivity contribution < 1.29 is 39.4 Å². The van der Waals surface area contributed by atoms with Gasteiger partial charge in [-0.25, -0.2) is 0 Å². The van der Waals surface area contributed by atoms with E-state index in [0.29, 0.717) is 0 Å². The van der Waals surface area contributed by atoms with E-state index in [9.17, 15) is 16.8 Å². The molecule has 2 aliphatic rings. The zero-order valence-corrected chi connectivity index (χ0v) is 19.9. The summed E-state index contributed by atoms with van der Waals surface area (Å²) in [7, 11) is -8.07. The van der Waals surface area contributed by atoms with Crippen molar-refractivity contribution in [1.82, 2.24) is 0 Å². The van der Waals surface area contributed by atoms with Crippen LogP contribution in [0.4, 0.5) is 0 Å². The Morgan fingerprint density at radius 3 is 1.39 bits per heavy atom. The minimum atomic E-state index is -4.04. The molecule has 0 aliphatic carbocycles.